The Hall–Kier alpha value is -0.590. The van der Waals surface area contributed by atoms with Crippen LogP contribution < -0.4 is 0 Å². The van der Waals surface area contributed by atoms with Crippen LogP contribution in [0.2, 0.25) is 0 Å². The molecule has 0 spiro atoms. The minimum absolute atomic E-state index is 0.200. The number of rotatable bonds is 4. The van der Waals surface area contributed by atoms with Gasteiger partial charge in [-0.1, -0.05) is 47.0 Å². The van der Waals surface area contributed by atoms with Gasteiger partial charge in [-0.25, -0.2) is 4.39 Å². The average Bonchev–Trinajstić information content (AvgIpc) is 2.76. The van der Waals surface area contributed by atoms with Crippen molar-refractivity contribution >= 4 is 34.9 Å². The van der Waals surface area contributed by atoms with Crippen molar-refractivity contribution in [1.29, 1.82) is 0 Å². The van der Waals surface area contributed by atoms with E-state index in [1.54, 1.807) is 47.0 Å². The molecular formula is C10H9FN2S3. The highest BCUT2D eigenvalue weighted by Gasteiger charge is 2.04. The summed E-state index contributed by atoms with van der Waals surface area (Å²) in [5, 5.41) is 8.07. The molecule has 0 aliphatic carbocycles. The molecule has 0 aliphatic rings. The van der Waals surface area contributed by atoms with Crippen LogP contribution in [0, 0.1) is 5.82 Å². The molecule has 0 saturated heterocycles. The van der Waals surface area contributed by atoms with Gasteiger partial charge in [0.1, 0.15) is 5.82 Å². The predicted octanol–water partition coefficient (Wildman–Crippen LogP) is 3.69. The molecule has 0 amide bonds. The molecule has 0 aliphatic heterocycles. The normalized spacial score (nSPS) is 10.6. The number of benzene rings is 1. The fourth-order valence-electron chi connectivity index (χ4n) is 1.06. The van der Waals surface area contributed by atoms with Crippen LogP contribution in [0.25, 0.3) is 0 Å². The Morgan fingerprint density at radius 1 is 1.19 bits per heavy atom. The van der Waals surface area contributed by atoms with Crippen LogP contribution in [0.3, 0.4) is 0 Å². The Bertz CT molecular complexity index is 455. The van der Waals surface area contributed by atoms with Crippen LogP contribution in [-0.2, 0) is 5.75 Å². The van der Waals surface area contributed by atoms with Crippen molar-refractivity contribution in [3.63, 3.8) is 0 Å². The maximum absolute atomic E-state index is 12.7. The minimum Gasteiger partial charge on any atom is -0.207 e. The van der Waals surface area contributed by atoms with Gasteiger partial charge in [0.05, 0.1) is 0 Å². The van der Waals surface area contributed by atoms with Crippen LogP contribution in [0.1, 0.15) is 5.56 Å². The van der Waals surface area contributed by atoms with E-state index < -0.39 is 0 Å². The topological polar surface area (TPSA) is 25.8 Å². The first kappa shape index (κ1) is 11.9. The van der Waals surface area contributed by atoms with Gasteiger partial charge in [0.2, 0.25) is 0 Å². The van der Waals surface area contributed by atoms with E-state index in [1.165, 1.54) is 12.1 Å². The van der Waals surface area contributed by atoms with Crippen molar-refractivity contribution < 1.29 is 4.39 Å². The summed E-state index contributed by atoms with van der Waals surface area (Å²) in [7, 11) is 0. The number of halogens is 1. The van der Waals surface area contributed by atoms with E-state index in [9.17, 15) is 4.39 Å². The standard InChI is InChI=1S/C10H9FN2S3/c1-14-9-12-13-10(16-9)15-6-7-2-4-8(11)5-3-7/h2-5H,6H2,1H3. The van der Waals surface area contributed by atoms with Crippen molar-refractivity contribution in [3.8, 4) is 0 Å². The average molecular weight is 272 g/mol. The lowest BCUT2D eigenvalue weighted by molar-refractivity contribution is 0.627. The third-order valence-corrected chi connectivity index (χ3v) is 4.94. The SMILES string of the molecule is CSc1nnc(SCc2ccc(F)cc2)s1. The van der Waals surface area contributed by atoms with Crippen molar-refractivity contribution in [3.05, 3.63) is 35.6 Å². The maximum atomic E-state index is 12.7. The molecule has 6 heteroatoms. The first-order chi connectivity index (χ1) is 7.78. The third kappa shape index (κ3) is 3.20. The lowest BCUT2D eigenvalue weighted by Gasteiger charge is -1.97. The number of nitrogens with zero attached hydrogens (tertiary/aromatic N) is 2. The van der Waals surface area contributed by atoms with Gasteiger partial charge in [-0.05, 0) is 24.0 Å². The Balaban J connectivity index is 1.94. The summed E-state index contributed by atoms with van der Waals surface area (Å²) in [6.07, 6.45) is 1.98. The second-order valence-electron chi connectivity index (χ2n) is 2.95. The van der Waals surface area contributed by atoms with Gasteiger partial charge in [-0.2, -0.15) is 0 Å². The van der Waals surface area contributed by atoms with Crippen molar-refractivity contribution in [2.24, 2.45) is 0 Å². The van der Waals surface area contributed by atoms with E-state index >= 15 is 0 Å². The highest BCUT2D eigenvalue weighted by Crippen LogP contribution is 2.29. The lowest BCUT2D eigenvalue weighted by Crippen LogP contribution is -1.81. The van der Waals surface area contributed by atoms with Gasteiger partial charge in [-0.3, -0.25) is 0 Å². The Kier molecular flexibility index (Phi) is 4.20. The van der Waals surface area contributed by atoms with E-state index in [2.05, 4.69) is 10.2 Å². The number of aromatic nitrogens is 2. The summed E-state index contributed by atoms with van der Waals surface area (Å²) in [5.74, 6) is 0.595. The summed E-state index contributed by atoms with van der Waals surface area (Å²) < 4.78 is 14.6. The molecule has 2 nitrogen and oxygen atoms in total. The zero-order valence-corrected chi connectivity index (χ0v) is 11.0. The smallest absolute Gasteiger partial charge is 0.175 e. The van der Waals surface area contributed by atoms with Crippen LogP contribution in [0.5, 0.6) is 0 Å². The molecule has 84 valence electrons. The fourth-order valence-corrected chi connectivity index (χ4v) is 3.46. The van der Waals surface area contributed by atoms with E-state index in [-0.39, 0.29) is 5.82 Å². The molecule has 1 aromatic heterocycles. The summed E-state index contributed by atoms with van der Waals surface area (Å²) in [5.41, 5.74) is 1.09. The molecule has 0 fully saturated rings. The second-order valence-corrected chi connectivity index (χ2v) is 6.21. The lowest BCUT2D eigenvalue weighted by atomic mass is 10.2. The molecule has 0 bridgehead atoms. The van der Waals surface area contributed by atoms with Crippen LogP contribution in [0.4, 0.5) is 4.39 Å². The molecule has 2 rings (SSSR count). The number of hydrogen-bond acceptors (Lipinski definition) is 5. The Morgan fingerprint density at radius 2 is 1.88 bits per heavy atom. The largest absolute Gasteiger partial charge is 0.207 e. The quantitative estimate of drug-likeness (QED) is 0.793. The van der Waals surface area contributed by atoms with Gasteiger partial charge in [0.25, 0.3) is 0 Å². The van der Waals surface area contributed by atoms with Gasteiger partial charge >= 0.3 is 0 Å². The van der Waals surface area contributed by atoms with Gasteiger partial charge < -0.3 is 0 Å². The van der Waals surface area contributed by atoms with E-state index in [0.29, 0.717) is 0 Å². The van der Waals surface area contributed by atoms with Crippen molar-refractivity contribution in [2.45, 2.75) is 14.4 Å². The number of thioether (sulfide) groups is 2. The molecule has 0 saturated carbocycles. The number of hydrogen-bond donors (Lipinski definition) is 0. The Morgan fingerprint density at radius 3 is 2.50 bits per heavy atom. The fraction of sp³-hybridized carbons (Fsp3) is 0.200. The molecule has 16 heavy (non-hydrogen) atoms. The molecule has 1 heterocycles. The Labute approximate surface area is 106 Å². The third-order valence-electron chi connectivity index (χ3n) is 1.84. The summed E-state index contributed by atoms with van der Waals surface area (Å²) in [6.45, 7) is 0. The van der Waals surface area contributed by atoms with Crippen LogP contribution in [0.15, 0.2) is 32.9 Å². The van der Waals surface area contributed by atoms with Gasteiger partial charge in [-0.15, -0.1) is 10.2 Å². The van der Waals surface area contributed by atoms with Crippen molar-refractivity contribution in [1.82, 2.24) is 10.2 Å². The highest BCUT2D eigenvalue weighted by atomic mass is 32.2. The van der Waals surface area contributed by atoms with Gasteiger partial charge in [0.15, 0.2) is 8.68 Å². The zero-order valence-electron chi connectivity index (χ0n) is 8.51. The van der Waals surface area contributed by atoms with E-state index in [0.717, 1.165) is 20.0 Å². The second kappa shape index (κ2) is 5.65. The highest BCUT2D eigenvalue weighted by molar-refractivity contribution is 8.02. The molecule has 1 aromatic carbocycles. The molecule has 2 aromatic rings. The first-order valence-electron chi connectivity index (χ1n) is 4.52. The van der Waals surface area contributed by atoms with Crippen molar-refractivity contribution in [2.75, 3.05) is 6.26 Å². The van der Waals surface area contributed by atoms with Gasteiger partial charge in [0, 0.05) is 5.75 Å². The van der Waals surface area contributed by atoms with E-state index in [1.807, 2.05) is 6.26 Å². The van der Waals surface area contributed by atoms with Crippen LogP contribution >= 0.6 is 34.9 Å². The zero-order chi connectivity index (χ0) is 11.4. The van der Waals surface area contributed by atoms with E-state index in [4.69, 9.17) is 0 Å². The summed E-state index contributed by atoms with van der Waals surface area (Å²) in [6, 6.07) is 6.53. The first-order valence-corrected chi connectivity index (χ1v) is 7.55. The summed E-state index contributed by atoms with van der Waals surface area (Å²) >= 11 is 4.80. The molecule has 0 atom stereocenters. The summed E-state index contributed by atoms with van der Waals surface area (Å²) in [4.78, 5) is 0. The predicted molar refractivity (Wildman–Crippen MR) is 67.7 cm³/mol. The maximum Gasteiger partial charge on any atom is 0.175 e. The minimum atomic E-state index is -0.200. The molecular weight excluding hydrogens is 263 g/mol. The molecule has 0 N–H and O–H groups in total. The van der Waals surface area contributed by atoms with Crippen LogP contribution in [-0.4, -0.2) is 16.5 Å². The monoisotopic (exact) mass is 272 g/mol. The molecule has 0 unspecified atom stereocenters. The molecule has 0 radical (unpaired) electrons.